The van der Waals surface area contributed by atoms with Crippen LogP contribution in [0.1, 0.15) is 25.8 Å². The van der Waals surface area contributed by atoms with Crippen molar-refractivity contribution in [1.29, 1.82) is 0 Å². The van der Waals surface area contributed by atoms with Crippen LogP contribution in [0.2, 0.25) is 0 Å². The molecule has 2 unspecified atom stereocenters. The Labute approximate surface area is 98.6 Å². The Morgan fingerprint density at radius 1 is 1.38 bits per heavy atom. The van der Waals surface area contributed by atoms with Gasteiger partial charge in [-0.25, -0.2) is 0 Å². The highest BCUT2D eigenvalue weighted by atomic mass is 14.9. The molecule has 1 aromatic carbocycles. The van der Waals surface area contributed by atoms with Gasteiger partial charge in [0.15, 0.2) is 0 Å². The molecule has 1 fully saturated rings. The van der Waals surface area contributed by atoms with E-state index < -0.39 is 0 Å². The molecule has 0 heterocycles. The van der Waals surface area contributed by atoms with Crippen LogP contribution in [0.15, 0.2) is 35.9 Å². The molecule has 1 aliphatic rings. The lowest BCUT2D eigenvalue weighted by Gasteiger charge is -2.04. The fraction of sp³-hybridized carbons (Fsp3) is 0.467. The first kappa shape index (κ1) is 11.4. The summed E-state index contributed by atoms with van der Waals surface area (Å²) in [5.74, 6) is 1.88. The molecule has 0 saturated heterocycles. The molecule has 2 atom stereocenters. The van der Waals surface area contributed by atoms with E-state index in [1.807, 2.05) is 0 Å². The van der Waals surface area contributed by atoms with E-state index in [1.165, 1.54) is 24.1 Å². The average molecular weight is 215 g/mol. The Hall–Kier alpha value is -1.08. The zero-order valence-corrected chi connectivity index (χ0v) is 10.2. The van der Waals surface area contributed by atoms with Crippen molar-refractivity contribution in [1.82, 2.24) is 5.32 Å². The van der Waals surface area contributed by atoms with Crippen LogP contribution in [-0.4, -0.2) is 13.1 Å². The quantitative estimate of drug-likeness (QED) is 0.794. The summed E-state index contributed by atoms with van der Waals surface area (Å²) in [6.45, 7) is 6.72. The van der Waals surface area contributed by atoms with Gasteiger partial charge >= 0.3 is 0 Å². The number of nitrogens with one attached hydrogen (secondary N) is 1. The molecule has 0 bridgehead atoms. The maximum atomic E-state index is 3.53. The summed E-state index contributed by atoms with van der Waals surface area (Å²) in [4.78, 5) is 0. The first-order valence-corrected chi connectivity index (χ1v) is 6.18. The minimum Gasteiger partial charge on any atom is -0.313 e. The molecule has 0 amide bonds. The average Bonchev–Trinajstić information content (AvgIpc) is 2.96. The SMILES string of the molecule is C/C(=C\c1ccccc1)CNCC1CC1C. The molecule has 0 spiro atoms. The Balaban J connectivity index is 1.74. The van der Waals surface area contributed by atoms with E-state index in [4.69, 9.17) is 0 Å². The van der Waals surface area contributed by atoms with Crippen LogP contribution in [0.5, 0.6) is 0 Å². The molecular formula is C15H21N. The summed E-state index contributed by atoms with van der Waals surface area (Å²) in [7, 11) is 0. The summed E-state index contributed by atoms with van der Waals surface area (Å²) < 4.78 is 0. The number of hydrogen-bond donors (Lipinski definition) is 1. The van der Waals surface area contributed by atoms with Gasteiger partial charge in [0.2, 0.25) is 0 Å². The number of rotatable bonds is 5. The molecule has 0 radical (unpaired) electrons. The second-order valence-corrected chi connectivity index (χ2v) is 5.01. The Bertz CT molecular complexity index is 353. The molecule has 1 saturated carbocycles. The minimum absolute atomic E-state index is 0.935. The van der Waals surface area contributed by atoms with Crippen LogP contribution >= 0.6 is 0 Å². The molecule has 1 aromatic rings. The van der Waals surface area contributed by atoms with Crippen molar-refractivity contribution < 1.29 is 0 Å². The topological polar surface area (TPSA) is 12.0 Å². The van der Waals surface area contributed by atoms with Crippen molar-refractivity contribution in [2.24, 2.45) is 11.8 Å². The lowest BCUT2D eigenvalue weighted by molar-refractivity contribution is 0.639. The molecule has 2 rings (SSSR count). The fourth-order valence-electron chi connectivity index (χ4n) is 2.02. The molecule has 16 heavy (non-hydrogen) atoms. The van der Waals surface area contributed by atoms with Gasteiger partial charge in [-0.05, 0) is 37.3 Å². The van der Waals surface area contributed by atoms with Crippen molar-refractivity contribution in [3.8, 4) is 0 Å². The highest BCUT2D eigenvalue weighted by Gasteiger charge is 2.31. The highest BCUT2D eigenvalue weighted by molar-refractivity contribution is 5.52. The van der Waals surface area contributed by atoms with Gasteiger partial charge in [-0.1, -0.05) is 48.9 Å². The predicted octanol–water partition coefficient (Wildman–Crippen LogP) is 3.34. The molecule has 1 nitrogen and oxygen atoms in total. The van der Waals surface area contributed by atoms with E-state index in [1.54, 1.807) is 0 Å². The molecule has 86 valence electrons. The van der Waals surface area contributed by atoms with Crippen molar-refractivity contribution in [2.75, 3.05) is 13.1 Å². The summed E-state index contributed by atoms with van der Waals surface area (Å²) >= 11 is 0. The fourth-order valence-corrected chi connectivity index (χ4v) is 2.02. The van der Waals surface area contributed by atoms with Crippen molar-refractivity contribution in [2.45, 2.75) is 20.3 Å². The smallest absolute Gasteiger partial charge is 0.0165 e. The Morgan fingerprint density at radius 3 is 2.69 bits per heavy atom. The first-order chi connectivity index (χ1) is 7.75. The molecule has 1 N–H and O–H groups in total. The van der Waals surface area contributed by atoms with Gasteiger partial charge in [0.25, 0.3) is 0 Å². The van der Waals surface area contributed by atoms with Crippen LogP contribution in [-0.2, 0) is 0 Å². The third-order valence-electron chi connectivity index (χ3n) is 3.30. The maximum Gasteiger partial charge on any atom is 0.0165 e. The second kappa shape index (κ2) is 5.31. The number of benzene rings is 1. The van der Waals surface area contributed by atoms with E-state index in [9.17, 15) is 0 Å². The third kappa shape index (κ3) is 3.49. The van der Waals surface area contributed by atoms with Crippen LogP contribution in [0, 0.1) is 11.8 Å². The lowest BCUT2D eigenvalue weighted by Crippen LogP contribution is -2.19. The zero-order chi connectivity index (χ0) is 11.4. The highest BCUT2D eigenvalue weighted by Crippen LogP contribution is 2.36. The van der Waals surface area contributed by atoms with Gasteiger partial charge in [0.1, 0.15) is 0 Å². The second-order valence-electron chi connectivity index (χ2n) is 5.01. The van der Waals surface area contributed by atoms with Crippen molar-refractivity contribution in [3.05, 3.63) is 41.5 Å². The third-order valence-corrected chi connectivity index (χ3v) is 3.30. The molecular weight excluding hydrogens is 194 g/mol. The van der Waals surface area contributed by atoms with Gasteiger partial charge in [-0.3, -0.25) is 0 Å². The molecule has 0 aromatic heterocycles. The van der Waals surface area contributed by atoms with Crippen LogP contribution in [0.25, 0.3) is 6.08 Å². The summed E-state index contributed by atoms with van der Waals surface area (Å²) in [6.07, 6.45) is 3.66. The van der Waals surface area contributed by atoms with Gasteiger partial charge < -0.3 is 5.32 Å². The lowest BCUT2D eigenvalue weighted by atomic mass is 10.1. The van der Waals surface area contributed by atoms with Crippen LogP contribution < -0.4 is 5.32 Å². The van der Waals surface area contributed by atoms with Gasteiger partial charge in [0, 0.05) is 6.54 Å². The molecule has 1 heteroatoms. The van der Waals surface area contributed by atoms with Crippen LogP contribution in [0.3, 0.4) is 0 Å². The Kier molecular flexibility index (Phi) is 3.79. The van der Waals surface area contributed by atoms with E-state index in [2.05, 4.69) is 55.6 Å². The largest absolute Gasteiger partial charge is 0.313 e. The predicted molar refractivity (Wildman–Crippen MR) is 70.2 cm³/mol. The molecule has 0 aliphatic heterocycles. The van der Waals surface area contributed by atoms with Crippen molar-refractivity contribution >= 4 is 6.08 Å². The zero-order valence-electron chi connectivity index (χ0n) is 10.2. The molecule has 1 aliphatic carbocycles. The summed E-state index contributed by atoms with van der Waals surface area (Å²) in [5.41, 5.74) is 2.70. The number of hydrogen-bond acceptors (Lipinski definition) is 1. The van der Waals surface area contributed by atoms with Crippen LogP contribution in [0.4, 0.5) is 0 Å². The van der Waals surface area contributed by atoms with Gasteiger partial charge in [0.05, 0.1) is 0 Å². The van der Waals surface area contributed by atoms with Gasteiger partial charge in [-0.2, -0.15) is 0 Å². The van der Waals surface area contributed by atoms with Gasteiger partial charge in [-0.15, -0.1) is 0 Å². The summed E-state index contributed by atoms with van der Waals surface area (Å²) in [6, 6.07) is 10.5. The van der Waals surface area contributed by atoms with E-state index in [-0.39, 0.29) is 0 Å². The standard InChI is InChI=1S/C15H21N/c1-12(8-14-6-4-3-5-7-14)10-16-11-15-9-13(15)2/h3-8,13,15-16H,9-11H2,1-2H3/b12-8+. The van der Waals surface area contributed by atoms with E-state index >= 15 is 0 Å². The van der Waals surface area contributed by atoms with Crippen molar-refractivity contribution in [3.63, 3.8) is 0 Å². The van der Waals surface area contributed by atoms with E-state index in [0.717, 1.165) is 18.4 Å². The van der Waals surface area contributed by atoms with E-state index in [0.29, 0.717) is 0 Å². The normalized spacial score (nSPS) is 24.5. The minimum atomic E-state index is 0.935. The maximum absolute atomic E-state index is 3.53. The summed E-state index contributed by atoms with van der Waals surface area (Å²) in [5, 5.41) is 3.53. The first-order valence-electron chi connectivity index (χ1n) is 6.18. The Morgan fingerprint density at radius 2 is 2.06 bits per heavy atom. The monoisotopic (exact) mass is 215 g/mol.